The summed E-state index contributed by atoms with van der Waals surface area (Å²) in [5.41, 5.74) is -0.387. The summed E-state index contributed by atoms with van der Waals surface area (Å²) in [6.45, 7) is 0. The van der Waals surface area contributed by atoms with Crippen molar-refractivity contribution in [3.63, 3.8) is 0 Å². The van der Waals surface area contributed by atoms with Crippen LogP contribution in [0.25, 0.3) is 11.6 Å². The highest BCUT2D eigenvalue weighted by Crippen LogP contribution is 2.29. The van der Waals surface area contributed by atoms with Crippen LogP contribution in [0.3, 0.4) is 0 Å². The van der Waals surface area contributed by atoms with Gasteiger partial charge in [0.2, 0.25) is 0 Å². The van der Waals surface area contributed by atoms with Gasteiger partial charge in [0.15, 0.2) is 0 Å². The van der Waals surface area contributed by atoms with E-state index in [-0.39, 0.29) is 17.0 Å². The Labute approximate surface area is 128 Å². The summed E-state index contributed by atoms with van der Waals surface area (Å²) >= 11 is 0. The normalized spacial score (nSPS) is 11.8. The molecule has 0 unspecified atom stereocenters. The van der Waals surface area contributed by atoms with Crippen LogP contribution in [0.2, 0.25) is 0 Å². The average Bonchev–Trinajstić information content (AvgIpc) is 2.52. The highest BCUT2D eigenvalue weighted by atomic mass is 19.4. The SMILES string of the molecule is N#CC(=Cc1ccc([N+](=O)[O-])cc1)c1ccc(C(F)(F)F)cn1. The van der Waals surface area contributed by atoms with Gasteiger partial charge in [-0.1, -0.05) is 0 Å². The Balaban J connectivity index is 2.32. The average molecular weight is 319 g/mol. The number of nitrogens with zero attached hydrogens (tertiary/aromatic N) is 3. The number of hydrogen-bond acceptors (Lipinski definition) is 4. The molecule has 0 aliphatic heterocycles. The monoisotopic (exact) mass is 319 g/mol. The van der Waals surface area contributed by atoms with E-state index in [1.807, 2.05) is 6.07 Å². The molecule has 0 aliphatic carbocycles. The number of non-ortho nitro benzene ring substituents is 1. The third-order valence-electron chi connectivity index (χ3n) is 2.90. The van der Waals surface area contributed by atoms with Crippen molar-refractivity contribution in [1.82, 2.24) is 4.98 Å². The molecule has 0 saturated carbocycles. The van der Waals surface area contributed by atoms with Crippen LogP contribution in [0, 0.1) is 21.4 Å². The fraction of sp³-hybridized carbons (Fsp3) is 0.0667. The summed E-state index contributed by atoms with van der Waals surface area (Å²) in [6, 6.07) is 9.17. The van der Waals surface area contributed by atoms with Gasteiger partial charge < -0.3 is 0 Å². The van der Waals surface area contributed by atoms with Crippen LogP contribution in [0.4, 0.5) is 18.9 Å². The fourth-order valence-corrected chi connectivity index (χ4v) is 1.74. The van der Waals surface area contributed by atoms with Crippen molar-refractivity contribution in [2.45, 2.75) is 6.18 Å². The van der Waals surface area contributed by atoms with Gasteiger partial charge in [0.25, 0.3) is 5.69 Å². The number of nitro groups is 1. The van der Waals surface area contributed by atoms with Gasteiger partial charge >= 0.3 is 6.18 Å². The van der Waals surface area contributed by atoms with Crippen molar-refractivity contribution in [2.24, 2.45) is 0 Å². The number of alkyl halides is 3. The third-order valence-corrected chi connectivity index (χ3v) is 2.90. The van der Waals surface area contributed by atoms with Crippen LogP contribution in [-0.4, -0.2) is 9.91 Å². The molecule has 0 spiro atoms. The van der Waals surface area contributed by atoms with Crippen LogP contribution in [0.1, 0.15) is 16.8 Å². The van der Waals surface area contributed by atoms with Gasteiger partial charge in [0.05, 0.1) is 21.8 Å². The maximum atomic E-state index is 12.5. The van der Waals surface area contributed by atoms with Crippen molar-refractivity contribution in [3.8, 4) is 6.07 Å². The van der Waals surface area contributed by atoms with E-state index >= 15 is 0 Å². The Morgan fingerprint density at radius 2 is 1.87 bits per heavy atom. The molecule has 0 amide bonds. The Hall–Kier alpha value is -3.21. The zero-order valence-corrected chi connectivity index (χ0v) is 11.4. The first-order valence-corrected chi connectivity index (χ1v) is 6.21. The molecule has 0 radical (unpaired) electrons. The molecule has 0 aliphatic rings. The quantitative estimate of drug-likeness (QED) is 0.485. The van der Waals surface area contributed by atoms with Gasteiger partial charge in [-0.3, -0.25) is 15.1 Å². The van der Waals surface area contributed by atoms with Gasteiger partial charge in [-0.05, 0) is 35.9 Å². The largest absolute Gasteiger partial charge is 0.417 e. The molecular formula is C15H8F3N3O2. The van der Waals surface area contributed by atoms with E-state index in [0.29, 0.717) is 11.8 Å². The molecule has 1 heterocycles. The Morgan fingerprint density at radius 1 is 1.22 bits per heavy atom. The van der Waals surface area contributed by atoms with Crippen molar-refractivity contribution in [1.29, 1.82) is 5.26 Å². The molecule has 2 aromatic rings. The Kier molecular flexibility index (Phi) is 4.41. The Bertz CT molecular complexity index is 789. The summed E-state index contributed by atoms with van der Waals surface area (Å²) in [5, 5.41) is 19.7. The molecule has 8 heteroatoms. The van der Waals surface area contributed by atoms with Crippen molar-refractivity contribution < 1.29 is 18.1 Å². The molecule has 116 valence electrons. The van der Waals surface area contributed by atoms with E-state index in [1.54, 1.807) is 0 Å². The number of halogens is 3. The van der Waals surface area contributed by atoms with Gasteiger partial charge in [-0.2, -0.15) is 18.4 Å². The minimum absolute atomic E-state index is 0.0487. The molecule has 0 atom stereocenters. The van der Waals surface area contributed by atoms with E-state index in [9.17, 15) is 23.3 Å². The lowest BCUT2D eigenvalue weighted by Gasteiger charge is -2.06. The van der Waals surface area contributed by atoms with Gasteiger partial charge in [-0.15, -0.1) is 0 Å². The fourth-order valence-electron chi connectivity index (χ4n) is 1.74. The zero-order chi connectivity index (χ0) is 17.0. The summed E-state index contributed by atoms with van der Waals surface area (Å²) < 4.78 is 37.4. The minimum Gasteiger partial charge on any atom is -0.258 e. The number of hydrogen-bond donors (Lipinski definition) is 0. The summed E-state index contributed by atoms with van der Waals surface area (Å²) in [5.74, 6) is 0. The van der Waals surface area contributed by atoms with Crippen molar-refractivity contribution in [2.75, 3.05) is 0 Å². The lowest BCUT2D eigenvalue weighted by molar-refractivity contribution is -0.384. The molecule has 2 rings (SSSR count). The second-order valence-corrected chi connectivity index (χ2v) is 4.45. The molecule has 23 heavy (non-hydrogen) atoms. The first-order chi connectivity index (χ1) is 10.8. The van der Waals surface area contributed by atoms with Crippen molar-refractivity contribution in [3.05, 3.63) is 69.5 Å². The first kappa shape index (κ1) is 16.2. The molecular weight excluding hydrogens is 311 g/mol. The molecule has 0 saturated heterocycles. The van der Waals surface area contributed by atoms with Crippen LogP contribution in [0.5, 0.6) is 0 Å². The Morgan fingerprint density at radius 3 is 2.30 bits per heavy atom. The highest BCUT2D eigenvalue weighted by molar-refractivity contribution is 5.88. The lowest BCUT2D eigenvalue weighted by atomic mass is 10.1. The van der Waals surface area contributed by atoms with Gasteiger partial charge in [-0.25, -0.2) is 0 Å². The van der Waals surface area contributed by atoms with Crippen LogP contribution < -0.4 is 0 Å². The second-order valence-electron chi connectivity index (χ2n) is 4.45. The topological polar surface area (TPSA) is 79.8 Å². The number of rotatable bonds is 3. The van der Waals surface area contributed by atoms with E-state index in [1.165, 1.54) is 30.3 Å². The smallest absolute Gasteiger partial charge is 0.258 e. The number of benzene rings is 1. The molecule has 5 nitrogen and oxygen atoms in total. The maximum absolute atomic E-state index is 12.5. The lowest BCUT2D eigenvalue weighted by Crippen LogP contribution is -2.05. The number of pyridine rings is 1. The second kappa shape index (κ2) is 6.27. The number of aromatic nitrogens is 1. The van der Waals surface area contributed by atoms with E-state index in [4.69, 9.17) is 5.26 Å². The van der Waals surface area contributed by atoms with Crippen LogP contribution in [0.15, 0.2) is 42.6 Å². The van der Waals surface area contributed by atoms with Crippen LogP contribution in [-0.2, 0) is 6.18 Å². The van der Waals surface area contributed by atoms with E-state index < -0.39 is 16.7 Å². The van der Waals surface area contributed by atoms with Gasteiger partial charge in [0, 0.05) is 18.3 Å². The van der Waals surface area contributed by atoms with Gasteiger partial charge in [0.1, 0.15) is 6.07 Å². The molecule has 1 aromatic carbocycles. The summed E-state index contributed by atoms with van der Waals surface area (Å²) in [6.07, 6.45) is -2.46. The summed E-state index contributed by atoms with van der Waals surface area (Å²) in [7, 11) is 0. The van der Waals surface area contributed by atoms with E-state index in [0.717, 1.165) is 12.1 Å². The molecule has 1 aromatic heterocycles. The van der Waals surface area contributed by atoms with Crippen LogP contribution >= 0.6 is 0 Å². The predicted octanol–water partition coefficient (Wildman–Crippen LogP) is 4.07. The highest BCUT2D eigenvalue weighted by Gasteiger charge is 2.30. The maximum Gasteiger partial charge on any atom is 0.417 e. The summed E-state index contributed by atoms with van der Waals surface area (Å²) in [4.78, 5) is 13.6. The first-order valence-electron chi connectivity index (χ1n) is 6.21. The molecule has 0 bridgehead atoms. The van der Waals surface area contributed by atoms with E-state index in [2.05, 4.69) is 4.98 Å². The number of nitriles is 1. The number of allylic oxidation sites excluding steroid dienone is 1. The predicted molar refractivity (Wildman–Crippen MR) is 75.8 cm³/mol. The number of nitro benzene ring substituents is 1. The zero-order valence-electron chi connectivity index (χ0n) is 11.4. The molecule has 0 N–H and O–H groups in total. The molecule has 0 fully saturated rings. The third kappa shape index (κ3) is 3.91. The van der Waals surface area contributed by atoms with Crippen molar-refractivity contribution >= 4 is 17.3 Å². The minimum atomic E-state index is -4.50. The standard InChI is InChI=1S/C15H8F3N3O2/c16-15(17,18)12-3-6-14(20-9-12)11(8-19)7-10-1-4-13(5-2-10)21(22)23/h1-7,9H.